The summed E-state index contributed by atoms with van der Waals surface area (Å²) in [5.74, 6) is 2.27. The molecular formula is C20H26N3O2+. The molecule has 25 heavy (non-hydrogen) atoms. The van der Waals surface area contributed by atoms with Gasteiger partial charge in [0.1, 0.15) is 24.2 Å². The molecule has 0 aliphatic heterocycles. The van der Waals surface area contributed by atoms with E-state index >= 15 is 0 Å². The van der Waals surface area contributed by atoms with E-state index in [1.807, 2.05) is 30.3 Å². The predicted molar refractivity (Wildman–Crippen MR) is 99.9 cm³/mol. The Morgan fingerprint density at radius 3 is 2.52 bits per heavy atom. The van der Waals surface area contributed by atoms with Crippen LogP contribution in [0.3, 0.4) is 0 Å². The van der Waals surface area contributed by atoms with Gasteiger partial charge in [0.2, 0.25) is 0 Å². The third kappa shape index (κ3) is 3.55. The number of nitrogen functional groups attached to an aromatic ring is 1. The molecule has 0 aliphatic carbocycles. The van der Waals surface area contributed by atoms with Crippen LogP contribution >= 0.6 is 0 Å². The van der Waals surface area contributed by atoms with Crippen LogP contribution in [-0.2, 0) is 13.1 Å². The second-order valence-corrected chi connectivity index (χ2v) is 6.00. The Balaban J connectivity index is 1.80. The highest BCUT2D eigenvalue weighted by Crippen LogP contribution is 2.26. The minimum Gasteiger partial charge on any atom is -0.493 e. The summed E-state index contributed by atoms with van der Waals surface area (Å²) in [5, 5.41) is 0. The molecule has 0 atom stereocenters. The number of imidazole rings is 1. The first kappa shape index (κ1) is 17.1. The van der Waals surface area contributed by atoms with Crippen molar-refractivity contribution in [3.8, 4) is 11.5 Å². The zero-order chi connectivity index (χ0) is 17.6. The molecule has 5 heteroatoms. The molecule has 5 nitrogen and oxygen atoms in total. The van der Waals surface area contributed by atoms with Crippen molar-refractivity contribution < 1.29 is 14.0 Å². The van der Waals surface area contributed by atoms with E-state index in [2.05, 4.69) is 34.3 Å². The van der Waals surface area contributed by atoms with E-state index in [1.165, 1.54) is 5.52 Å². The van der Waals surface area contributed by atoms with Gasteiger partial charge in [-0.25, -0.2) is 9.13 Å². The number of nitrogens with zero attached hydrogens (tertiary/aromatic N) is 2. The number of unbranched alkanes of at least 4 members (excludes halogenated alkanes) is 1. The molecule has 0 saturated heterocycles. The third-order valence-corrected chi connectivity index (χ3v) is 4.39. The molecule has 3 rings (SSSR count). The second-order valence-electron chi connectivity index (χ2n) is 6.00. The minimum absolute atomic E-state index is 0.525. The number of aromatic nitrogens is 2. The van der Waals surface area contributed by atoms with E-state index < -0.39 is 0 Å². The van der Waals surface area contributed by atoms with E-state index in [4.69, 9.17) is 15.2 Å². The Kier molecular flexibility index (Phi) is 5.43. The first-order chi connectivity index (χ1) is 12.3. The number of hydrogen-bond acceptors (Lipinski definition) is 3. The lowest BCUT2D eigenvalue weighted by molar-refractivity contribution is -0.657. The summed E-state index contributed by atoms with van der Waals surface area (Å²) in [6.45, 7) is 4.33. The molecular weight excluding hydrogens is 314 g/mol. The maximum Gasteiger partial charge on any atom is 0.356 e. The van der Waals surface area contributed by atoms with Crippen LogP contribution in [0.1, 0.15) is 19.8 Å². The topological polar surface area (TPSA) is 53.3 Å². The van der Waals surface area contributed by atoms with Gasteiger partial charge in [0.05, 0.1) is 13.7 Å². The van der Waals surface area contributed by atoms with Crippen molar-refractivity contribution in [1.29, 1.82) is 0 Å². The number of rotatable bonds is 8. The molecule has 0 unspecified atom stereocenters. The molecule has 1 heterocycles. The Morgan fingerprint density at radius 1 is 1.04 bits per heavy atom. The van der Waals surface area contributed by atoms with Gasteiger partial charge in [-0.15, -0.1) is 0 Å². The number of hydrogen-bond donors (Lipinski definition) is 1. The van der Waals surface area contributed by atoms with Crippen molar-refractivity contribution in [2.24, 2.45) is 0 Å². The van der Waals surface area contributed by atoms with Crippen molar-refractivity contribution in [3.63, 3.8) is 0 Å². The van der Waals surface area contributed by atoms with Crippen LogP contribution < -0.4 is 19.8 Å². The van der Waals surface area contributed by atoms with Gasteiger partial charge < -0.3 is 9.47 Å². The molecule has 0 fully saturated rings. The lowest BCUT2D eigenvalue weighted by Gasteiger charge is -2.10. The largest absolute Gasteiger partial charge is 0.493 e. The summed E-state index contributed by atoms with van der Waals surface area (Å²) in [5.41, 5.74) is 8.75. The smallest absolute Gasteiger partial charge is 0.356 e. The lowest BCUT2D eigenvalue weighted by atomic mass is 10.3. The van der Waals surface area contributed by atoms with E-state index in [0.717, 1.165) is 42.4 Å². The quantitative estimate of drug-likeness (QED) is 0.640. The van der Waals surface area contributed by atoms with Crippen molar-refractivity contribution in [2.75, 3.05) is 19.5 Å². The van der Waals surface area contributed by atoms with Gasteiger partial charge in [0.15, 0.2) is 11.5 Å². The number of ether oxygens (including phenoxy) is 2. The monoisotopic (exact) mass is 340 g/mol. The SMILES string of the molecule is CCCC[n+]1c(N)n(CCOc2ccccc2OC)c2ccccc21. The molecule has 0 aliphatic rings. The summed E-state index contributed by atoms with van der Waals surface area (Å²) in [6.07, 6.45) is 2.25. The summed E-state index contributed by atoms with van der Waals surface area (Å²) < 4.78 is 15.6. The number of anilines is 1. The normalized spacial score (nSPS) is 11.0. The van der Waals surface area contributed by atoms with Crippen LogP contribution in [0.15, 0.2) is 48.5 Å². The highest BCUT2D eigenvalue weighted by atomic mass is 16.5. The number of nitrogens with two attached hydrogens (primary N) is 1. The fraction of sp³-hybridized carbons (Fsp3) is 0.350. The van der Waals surface area contributed by atoms with E-state index in [9.17, 15) is 0 Å². The van der Waals surface area contributed by atoms with Gasteiger partial charge in [-0.05, 0) is 30.7 Å². The van der Waals surface area contributed by atoms with Crippen LogP contribution in [0, 0.1) is 0 Å². The van der Waals surface area contributed by atoms with Gasteiger partial charge >= 0.3 is 5.95 Å². The Morgan fingerprint density at radius 2 is 1.76 bits per heavy atom. The van der Waals surface area contributed by atoms with Crippen molar-refractivity contribution >= 4 is 17.0 Å². The van der Waals surface area contributed by atoms with E-state index in [1.54, 1.807) is 7.11 Å². The van der Waals surface area contributed by atoms with Gasteiger partial charge in [-0.3, -0.25) is 5.73 Å². The minimum atomic E-state index is 0.525. The fourth-order valence-electron chi connectivity index (χ4n) is 3.08. The van der Waals surface area contributed by atoms with Gasteiger partial charge in [-0.2, -0.15) is 0 Å². The average Bonchev–Trinajstić information content (AvgIpc) is 2.92. The number of methoxy groups -OCH3 is 1. The second kappa shape index (κ2) is 7.92. The predicted octanol–water partition coefficient (Wildman–Crippen LogP) is 3.40. The molecule has 0 spiro atoms. The highest BCUT2D eigenvalue weighted by molar-refractivity contribution is 5.73. The number of aryl methyl sites for hydroxylation is 1. The fourth-order valence-corrected chi connectivity index (χ4v) is 3.08. The third-order valence-electron chi connectivity index (χ3n) is 4.39. The standard InChI is InChI=1S/C20H25N3O2/c1-3-4-13-22-16-9-5-6-10-17(16)23(20(22)21)14-15-25-19-12-8-7-11-18(19)24-2/h5-12,21H,3-4,13-15H2,1-2H3/p+1. The van der Waals surface area contributed by atoms with Crippen molar-refractivity contribution in [1.82, 2.24) is 4.57 Å². The summed E-state index contributed by atoms with van der Waals surface area (Å²) in [4.78, 5) is 0. The van der Waals surface area contributed by atoms with Crippen LogP contribution in [0.2, 0.25) is 0 Å². The van der Waals surface area contributed by atoms with Gasteiger partial charge in [0, 0.05) is 0 Å². The number of fused-ring (bicyclic) bond motifs is 1. The first-order valence-corrected chi connectivity index (χ1v) is 8.78. The molecule has 3 aromatic rings. The average molecular weight is 340 g/mol. The van der Waals surface area contributed by atoms with Crippen LogP contribution in [0.4, 0.5) is 5.95 Å². The van der Waals surface area contributed by atoms with Crippen LogP contribution in [0.5, 0.6) is 11.5 Å². The summed E-state index contributed by atoms with van der Waals surface area (Å²) in [7, 11) is 1.65. The highest BCUT2D eigenvalue weighted by Gasteiger charge is 2.20. The van der Waals surface area contributed by atoms with Gasteiger partial charge in [-0.1, -0.05) is 37.6 Å². The zero-order valence-electron chi connectivity index (χ0n) is 14.9. The molecule has 132 valence electrons. The molecule has 0 bridgehead atoms. The molecule has 2 N–H and O–H groups in total. The zero-order valence-corrected chi connectivity index (χ0v) is 14.9. The van der Waals surface area contributed by atoms with Crippen LogP contribution in [-0.4, -0.2) is 18.3 Å². The lowest BCUT2D eigenvalue weighted by Crippen LogP contribution is -2.36. The maximum absolute atomic E-state index is 6.44. The van der Waals surface area contributed by atoms with Crippen LogP contribution in [0.25, 0.3) is 11.0 Å². The summed E-state index contributed by atoms with van der Waals surface area (Å²) >= 11 is 0. The van der Waals surface area contributed by atoms with E-state index in [-0.39, 0.29) is 0 Å². The molecule has 1 aromatic heterocycles. The number of para-hydroxylation sites is 4. The molecule has 0 saturated carbocycles. The first-order valence-electron chi connectivity index (χ1n) is 8.78. The van der Waals surface area contributed by atoms with Crippen molar-refractivity contribution in [2.45, 2.75) is 32.9 Å². The maximum atomic E-state index is 6.44. The molecule has 0 radical (unpaired) electrons. The Labute approximate surface area is 148 Å². The molecule has 0 amide bonds. The Hall–Kier alpha value is -2.69. The van der Waals surface area contributed by atoms with Gasteiger partial charge in [0.25, 0.3) is 0 Å². The Bertz CT molecular complexity index is 842. The van der Waals surface area contributed by atoms with Crippen molar-refractivity contribution in [3.05, 3.63) is 48.5 Å². The van der Waals surface area contributed by atoms with E-state index in [0.29, 0.717) is 13.2 Å². The number of benzene rings is 2. The molecule has 2 aromatic carbocycles. The summed E-state index contributed by atoms with van der Waals surface area (Å²) in [6, 6.07) is 16.0.